The van der Waals surface area contributed by atoms with Crippen molar-refractivity contribution in [2.75, 3.05) is 25.1 Å². The number of hydrogen-bond acceptors (Lipinski definition) is 4. The van der Waals surface area contributed by atoms with Crippen LogP contribution in [0.15, 0.2) is 11.6 Å². The van der Waals surface area contributed by atoms with E-state index in [1.165, 1.54) is 38.6 Å². The number of nitrogens with zero attached hydrogens (tertiary/aromatic N) is 2. The van der Waals surface area contributed by atoms with Crippen molar-refractivity contribution in [1.82, 2.24) is 15.1 Å². The summed E-state index contributed by atoms with van der Waals surface area (Å²) < 4.78 is 0.372. The number of nitrogens with one attached hydrogen (secondary N) is 2. The fourth-order valence-corrected chi connectivity index (χ4v) is 10.1. The van der Waals surface area contributed by atoms with Gasteiger partial charge < -0.3 is 15.6 Å². The lowest BCUT2D eigenvalue weighted by atomic mass is 9.47. The summed E-state index contributed by atoms with van der Waals surface area (Å²) in [5.74, 6) is 3.05. The maximum absolute atomic E-state index is 13.5. The lowest BCUT2D eigenvalue weighted by Gasteiger charge is -2.58. The molecule has 6 nitrogen and oxygen atoms in total. The first-order chi connectivity index (χ1) is 17.6. The summed E-state index contributed by atoms with van der Waals surface area (Å²) in [7, 11) is 4.19. The van der Waals surface area contributed by atoms with Crippen LogP contribution in [0.1, 0.15) is 72.1 Å². The van der Waals surface area contributed by atoms with Crippen LogP contribution in [-0.2, 0) is 9.59 Å². The summed E-state index contributed by atoms with van der Waals surface area (Å²) in [4.78, 5) is 30.0. The number of likely N-dealkylation sites (N-methyl/N-ethyl adjacent to an activating group) is 1. The molecule has 1 aliphatic heterocycles. The smallest absolute Gasteiger partial charge is 0.245 e. The molecule has 1 heterocycles. The van der Waals surface area contributed by atoms with Gasteiger partial charge in [0.15, 0.2) is 0 Å². The number of likely N-dealkylation sites (tertiary alicyclic amines) is 1. The minimum Gasteiger partial charge on any atom is -0.343 e. The van der Waals surface area contributed by atoms with Crippen molar-refractivity contribution in [2.45, 2.75) is 90.3 Å². The average molecular weight is 623 g/mol. The number of allylic oxidation sites excluding steroid dienone is 1. The van der Waals surface area contributed by atoms with Crippen LogP contribution >= 0.6 is 22.6 Å². The number of hydrogen-bond donors (Lipinski definition) is 2. The summed E-state index contributed by atoms with van der Waals surface area (Å²) in [6.45, 7) is 7.75. The molecule has 1 saturated heterocycles. The van der Waals surface area contributed by atoms with E-state index in [4.69, 9.17) is 5.41 Å². The van der Waals surface area contributed by atoms with Gasteiger partial charge in [0.25, 0.3) is 0 Å². The number of fused-ring (bicyclic) bond motifs is 4. The van der Waals surface area contributed by atoms with Crippen molar-refractivity contribution in [1.29, 1.82) is 5.41 Å². The minimum absolute atomic E-state index is 0.0544. The highest BCUT2D eigenvalue weighted by atomic mass is 127. The molecule has 2 N–H and O–H groups in total. The molecule has 0 radical (unpaired) electrons. The first kappa shape index (κ1) is 27.6. The Bertz CT molecular complexity index is 967. The molecule has 4 fully saturated rings. The van der Waals surface area contributed by atoms with E-state index in [-0.39, 0.29) is 29.2 Å². The van der Waals surface area contributed by atoms with Crippen LogP contribution in [0.3, 0.4) is 0 Å². The van der Waals surface area contributed by atoms with Gasteiger partial charge in [0.2, 0.25) is 11.8 Å². The zero-order valence-corrected chi connectivity index (χ0v) is 25.6. The molecule has 3 saturated carbocycles. The molecule has 9 atom stereocenters. The van der Waals surface area contributed by atoms with Crippen LogP contribution < -0.4 is 5.32 Å². The van der Waals surface area contributed by atoms with Gasteiger partial charge in [-0.1, -0.05) is 55.0 Å². The average Bonchev–Trinajstić information content (AvgIpc) is 3.37. The van der Waals surface area contributed by atoms with Crippen LogP contribution in [-0.4, -0.2) is 71.0 Å². The van der Waals surface area contributed by atoms with E-state index in [0.29, 0.717) is 21.8 Å². The standard InChI is InChI=1S/C30H47IN4O2/c1-18(2)27(33-26(36)15-31)28(37)35(5)20-10-12-29(3)19(14-20)6-7-21-22(29)11-13-30-17-34(4)25(16-32)24(30)9-8-23(21)30/h6,16,18,20-25,27,32H,7-15,17H2,1-5H3,(H,33,36)/t20-,21+,22-,23?,24+,25-,27-,29-,30+/m0/s1. The van der Waals surface area contributed by atoms with Crippen LogP contribution in [0.5, 0.6) is 0 Å². The first-order valence-electron chi connectivity index (χ1n) is 14.6. The van der Waals surface area contributed by atoms with Gasteiger partial charge in [-0.25, -0.2) is 0 Å². The van der Waals surface area contributed by atoms with Crippen LogP contribution in [0.25, 0.3) is 0 Å². The number of carbonyl (C=O) groups is 2. The molecule has 7 heteroatoms. The Morgan fingerprint density at radius 3 is 2.62 bits per heavy atom. The number of carbonyl (C=O) groups excluding carboxylic acids is 2. The van der Waals surface area contributed by atoms with E-state index in [1.807, 2.05) is 25.8 Å². The van der Waals surface area contributed by atoms with E-state index >= 15 is 0 Å². The molecule has 5 rings (SSSR count). The molecule has 1 spiro atoms. The minimum atomic E-state index is -0.454. The highest BCUT2D eigenvalue weighted by molar-refractivity contribution is 14.1. The lowest BCUT2D eigenvalue weighted by molar-refractivity contribution is -0.138. The molecule has 4 aliphatic carbocycles. The summed E-state index contributed by atoms with van der Waals surface area (Å²) in [5, 5.41) is 11.0. The zero-order valence-electron chi connectivity index (χ0n) is 23.4. The fraction of sp³-hybridized carbons (Fsp3) is 0.833. The van der Waals surface area contributed by atoms with Gasteiger partial charge in [0, 0.05) is 31.9 Å². The molecule has 0 aromatic rings. The lowest BCUT2D eigenvalue weighted by Crippen LogP contribution is -2.55. The Hall–Kier alpha value is -0.960. The van der Waals surface area contributed by atoms with Crippen LogP contribution in [0.4, 0.5) is 0 Å². The van der Waals surface area contributed by atoms with E-state index in [1.54, 1.807) is 11.8 Å². The number of alkyl halides is 1. The largest absolute Gasteiger partial charge is 0.343 e. The molecule has 2 amide bonds. The second-order valence-electron chi connectivity index (χ2n) is 13.6. The summed E-state index contributed by atoms with van der Waals surface area (Å²) >= 11 is 2.06. The van der Waals surface area contributed by atoms with Crippen molar-refractivity contribution in [3.8, 4) is 0 Å². The Morgan fingerprint density at radius 1 is 1.22 bits per heavy atom. The van der Waals surface area contributed by atoms with Gasteiger partial charge in [-0.2, -0.15) is 0 Å². The predicted octanol–water partition coefficient (Wildman–Crippen LogP) is 4.91. The van der Waals surface area contributed by atoms with Crippen molar-refractivity contribution in [3.63, 3.8) is 0 Å². The Morgan fingerprint density at radius 2 is 1.95 bits per heavy atom. The second kappa shape index (κ2) is 10.2. The summed E-state index contributed by atoms with van der Waals surface area (Å²) in [6.07, 6.45) is 14.0. The molecule has 0 aromatic heterocycles. The van der Waals surface area contributed by atoms with Crippen molar-refractivity contribution in [3.05, 3.63) is 11.6 Å². The molecular formula is C30H47IN4O2. The molecule has 206 valence electrons. The summed E-state index contributed by atoms with van der Waals surface area (Å²) in [5.41, 5.74) is 2.27. The molecule has 37 heavy (non-hydrogen) atoms. The fourth-order valence-electron chi connectivity index (χ4n) is 9.89. The molecule has 0 bridgehead atoms. The topological polar surface area (TPSA) is 76.5 Å². The van der Waals surface area contributed by atoms with E-state index < -0.39 is 6.04 Å². The van der Waals surface area contributed by atoms with Gasteiger partial charge in [-0.05, 0) is 98.8 Å². The van der Waals surface area contributed by atoms with E-state index in [9.17, 15) is 9.59 Å². The maximum atomic E-state index is 13.5. The Kier molecular flexibility index (Phi) is 7.62. The Balaban J connectivity index is 1.32. The van der Waals surface area contributed by atoms with Gasteiger partial charge in [0.05, 0.1) is 4.43 Å². The predicted molar refractivity (Wildman–Crippen MR) is 157 cm³/mol. The molecule has 5 aliphatic rings. The molecule has 1 unspecified atom stereocenters. The van der Waals surface area contributed by atoms with Gasteiger partial charge >= 0.3 is 0 Å². The third-order valence-electron chi connectivity index (χ3n) is 11.8. The quantitative estimate of drug-likeness (QED) is 0.191. The third-order valence-corrected chi connectivity index (χ3v) is 12.5. The SMILES string of the molecule is CC(C)[C@H](NC(=O)CI)C(=O)N(C)[C@H]1CC[C@@]2(C)C(=CC[C@H]3C4CC[C@@H]5[C@H](C=N)N(C)C[C@]45CC[C@@H]32)C1. The number of rotatable bonds is 6. The highest BCUT2D eigenvalue weighted by Crippen LogP contribution is 2.68. The highest BCUT2D eigenvalue weighted by Gasteiger charge is 2.64. The second-order valence-corrected chi connectivity index (χ2v) is 14.3. The zero-order chi connectivity index (χ0) is 26.7. The van der Waals surface area contributed by atoms with Gasteiger partial charge in [0.1, 0.15) is 6.04 Å². The normalized spacial score (nSPS) is 41.6. The number of halogens is 1. The van der Waals surface area contributed by atoms with Crippen molar-refractivity contribution in [2.24, 2.45) is 40.4 Å². The third kappa shape index (κ3) is 4.33. The monoisotopic (exact) mass is 622 g/mol. The van der Waals surface area contributed by atoms with E-state index in [2.05, 4.69) is 52.9 Å². The number of amides is 2. The maximum Gasteiger partial charge on any atom is 0.245 e. The summed E-state index contributed by atoms with van der Waals surface area (Å²) in [6, 6.07) is 0.0971. The van der Waals surface area contributed by atoms with Crippen molar-refractivity contribution >= 4 is 40.6 Å². The van der Waals surface area contributed by atoms with E-state index in [0.717, 1.165) is 37.0 Å². The van der Waals surface area contributed by atoms with Crippen LogP contribution in [0.2, 0.25) is 0 Å². The first-order valence-corrected chi connectivity index (χ1v) is 16.1. The molecule has 0 aromatic carbocycles. The van der Waals surface area contributed by atoms with Gasteiger partial charge in [-0.3, -0.25) is 14.5 Å². The Labute approximate surface area is 237 Å². The van der Waals surface area contributed by atoms with Crippen LogP contribution in [0, 0.1) is 45.8 Å². The van der Waals surface area contributed by atoms with Gasteiger partial charge in [-0.15, -0.1) is 0 Å². The molecular weight excluding hydrogens is 575 g/mol. The van der Waals surface area contributed by atoms with Crippen molar-refractivity contribution < 1.29 is 9.59 Å².